The molecule has 0 bridgehead atoms. The Morgan fingerprint density at radius 2 is 1.90 bits per heavy atom. The lowest BCUT2D eigenvalue weighted by molar-refractivity contribution is 0.0698. The van der Waals surface area contributed by atoms with Gasteiger partial charge >= 0.3 is 12.0 Å². The van der Waals surface area contributed by atoms with E-state index < -0.39 is 12.0 Å². The fourth-order valence-corrected chi connectivity index (χ4v) is 2.52. The largest absolute Gasteiger partial charge is 0.478 e. The van der Waals surface area contributed by atoms with Crippen LogP contribution in [0.4, 0.5) is 9.80 Å². The number of carboxylic acid groups (broad SMARTS) is 1. The van der Waals surface area contributed by atoms with E-state index in [1.54, 1.807) is 24.3 Å². The number of carbonyl (C=O) groups is 2. The molecule has 2 amide bonds. The molecule has 0 saturated heterocycles. The fraction of sp³-hybridized carbons (Fsp3) is 0. The van der Waals surface area contributed by atoms with Crippen molar-refractivity contribution >= 4 is 39.9 Å². The first-order valence-electron chi connectivity index (χ1n) is 5.67. The standard InChI is InChI=1S/C14H9ClN2O3S/c15-9-4-1-8(2-5-9)3-6-10-7-11(13(18)19)12(21-10)17-14(16)20/h1-2,4-5,7H,(H,18,19)(H3,16,17,20). The molecule has 4 N–H and O–H groups in total. The number of nitrogens with two attached hydrogens (primary N) is 1. The number of primary amides is 1. The Hall–Kier alpha value is -2.49. The number of benzene rings is 1. The van der Waals surface area contributed by atoms with Gasteiger partial charge in [-0.15, -0.1) is 11.3 Å². The predicted octanol–water partition coefficient (Wildman–Crippen LogP) is 2.99. The molecule has 0 unspecified atom stereocenters. The van der Waals surface area contributed by atoms with E-state index >= 15 is 0 Å². The summed E-state index contributed by atoms with van der Waals surface area (Å²) in [6.45, 7) is 0. The molecule has 1 aromatic carbocycles. The van der Waals surface area contributed by atoms with Crippen molar-refractivity contribution < 1.29 is 14.7 Å². The van der Waals surface area contributed by atoms with Crippen LogP contribution >= 0.6 is 22.9 Å². The van der Waals surface area contributed by atoms with Crippen LogP contribution in [-0.4, -0.2) is 17.1 Å². The summed E-state index contributed by atoms with van der Waals surface area (Å²) in [7, 11) is 0. The van der Waals surface area contributed by atoms with Crippen LogP contribution in [0.2, 0.25) is 5.02 Å². The van der Waals surface area contributed by atoms with Gasteiger partial charge in [0.15, 0.2) is 0 Å². The van der Waals surface area contributed by atoms with E-state index in [0.29, 0.717) is 9.90 Å². The summed E-state index contributed by atoms with van der Waals surface area (Å²) in [5.74, 6) is 4.57. The van der Waals surface area contributed by atoms with E-state index in [1.165, 1.54) is 6.07 Å². The topological polar surface area (TPSA) is 92.4 Å². The van der Waals surface area contributed by atoms with Crippen LogP contribution in [0.1, 0.15) is 20.8 Å². The van der Waals surface area contributed by atoms with Crippen molar-refractivity contribution in [1.29, 1.82) is 0 Å². The Morgan fingerprint density at radius 3 is 2.48 bits per heavy atom. The summed E-state index contributed by atoms with van der Waals surface area (Å²) in [5.41, 5.74) is 5.70. The third kappa shape index (κ3) is 3.99. The van der Waals surface area contributed by atoms with Crippen molar-refractivity contribution in [2.45, 2.75) is 0 Å². The van der Waals surface area contributed by atoms with Crippen molar-refractivity contribution in [3.8, 4) is 11.8 Å². The van der Waals surface area contributed by atoms with Gasteiger partial charge in [-0.1, -0.05) is 23.4 Å². The van der Waals surface area contributed by atoms with Crippen molar-refractivity contribution in [2.24, 2.45) is 5.73 Å². The molecule has 21 heavy (non-hydrogen) atoms. The quantitative estimate of drug-likeness (QED) is 0.743. The first-order valence-corrected chi connectivity index (χ1v) is 6.86. The summed E-state index contributed by atoms with van der Waals surface area (Å²) < 4.78 is 0. The number of halogens is 1. The van der Waals surface area contributed by atoms with Gasteiger partial charge in [0.25, 0.3) is 0 Å². The van der Waals surface area contributed by atoms with Gasteiger partial charge in [-0.05, 0) is 30.3 Å². The highest BCUT2D eigenvalue weighted by Gasteiger charge is 2.15. The number of rotatable bonds is 2. The van der Waals surface area contributed by atoms with Crippen LogP contribution in [-0.2, 0) is 0 Å². The highest BCUT2D eigenvalue weighted by Crippen LogP contribution is 2.27. The number of urea groups is 1. The van der Waals surface area contributed by atoms with Crippen LogP contribution in [0, 0.1) is 11.8 Å². The molecule has 0 saturated carbocycles. The highest BCUT2D eigenvalue weighted by molar-refractivity contribution is 7.17. The molecular formula is C14H9ClN2O3S. The van der Waals surface area contributed by atoms with Crippen LogP contribution in [0.15, 0.2) is 30.3 Å². The summed E-state index contributed by atoms with van der Waals surface area (Å²) >= 11 is 6.82. The van der Waals surface area contributed by atoms with Crippen LogP contribution in [0.5, 0.6) is 0 Å². The average molecular weight is 321 g/mol. The molecule has 0 spiro atoms. The molecule has 7 heteroatoms. The second kappa shape index (κ2) is 6.31. The van der Waals surface area contributed by atoms with Gasteiger partial charge in [0, 0.05) is 10.6 Å². The molecule has 106 valence electrons. The normalized spacial score (nSPS) is 9.57. The molecule has 0 radical (unpaired) electrons. The minimum atomic E-state index is -1.16. The fourth-order valence-electron chi connectivity index (χ4n) is 1.48. The molecule has 0 aliphatic heterocycles. The zero-order chi connectivity index (χ0) is 15.4. The Morgan fingerprint density at radius 1 is 1.24 bits per heavy atom. The number of carbonyl (C=O) groups excluding carboxylic acids is 1. The Labute approximate surface area is 129 Å². The van der Waals surface area contributed by atoms with Gasteiger partial charge in [0.1, 0.15) is 5.00 Å². The number of anilines is 1. The summed E-state index contributed by atoms with van der Waals surface area (Å²) in [6.07, 6.45) is 0. The second-order valence-corrected chi connectivity index (χ2v) is 5.39. The molecule has 0 aliphatic rings. The molecule has 5 nitrogen and oxygen atoms in total. The number of amides is 2. The minimum Gasteiger partial charge on any atom is -0.478 e. The molecule has 1 aromatic heterocycles. The first kappa shape index (κ1) is 14.9. The van der Waals surface area contributed by atoms with Crippen LogP contribution in [0.25, 0.3) is 0 Å². The van der Waals surface area contributed by atoms with Gasteiger partial charge in [-0.25, -0.2) is 9.59 Å². The van der Waals surface area contributed by atoms with Crippen molar-refractivity contribution in [3.63, 3.8) is 0 Å². The monoisotopic (exact) mass is 320 g/mol. The lowest BCUT2D eigenvalue weighted by atomic mass is 10.2. The summed E-state index contributed by atoms with van der Waals surface area (Å²) in [4.78, 5) is 22.4. The molecular weight excluding hydrogens is 312 g/mol. The van der Waals surface area contributed by atoms with E-state index in [9.17, 15) is 9.59 Å². The van der Waals surface area contributed by atoms with E-state index in [4.69, 9.17) is 22.4 Å². The van der Waals surface area contributed by atoms with E-state index in [0.717, 1.165) is 16.9 Å². The SMILES string of the molecule is NC(=O)Nc1sc(C#Cc2ccc(Cl)cc2)cc1C(=O)O. The molecule has 2 rings (SSSR count). The number of thiophene rings is 1. The average Bonchev–Trinajstić information content (AvgIpc) is 2.80. The number of aromatic carboxylic acids is 1. The van der Waals surface area contributed by atoms with Gasteiger partial charge in [-0.3, -0.25) is 5.32 Å². The summed E-state index contributed by atoms with van der Waals surface area (Å²) in [5, 5.41) is 12.1. The molecule has 0 atom stereocenters. The predicted molar refractivity (Wildman–Crippen MR) is 81.9 cm³/mol. The van der Waals surface area contributed by atoms with Gasteiger partial charge in [0.05, 0.1) is 10.4 Å². The molecule has 2 aromatic rings. The smallest absolute Gasteiger partial charge is 0.338 e. The van der Waals surface area contributed by atoms with Gasteiger partial charge in [0.2, 0.25) is 0 Å². The maximum absolute atomic E-state index is 11.1. The van der Waals surface area contributed by atoms with Crippen LogP contribution in [0.3, 0.4) is 0 Å². The zero-order valence-electron chi connectivity index (χ0n) is 10.5. The highest BCUT2D eigenvalue weighted by atomic mass is 35.5. The molecule has 0 fully saturated rings. The molecule has 0 aliphatic carbocycles. The second-order valence-electron chi connectivity index (χ2n) is 3.90. The van der Waals surface area contributed by atoms with Crippen LogP contribution < -0.4 is 11.1 Å². The van der Waals surface area contributed by atoms with E-state index in [2.05, 4.69) is 17.2 Å². The Balaban J connectivity index is 2.31. The van der Waals surface area contributed by atoms with Gasteiger partial charge in [-0.2, -0.15) is 0 Å². The Bertz CT molecular complexity index is 757. The third-order valence-corrected chi connectivity index (χ3v) is 3.59. The third-order valence-electron chi connectivity index (χ3n) is 2.37. The maximum Gasteiger partial charge on any atom is 0.338 e. The summed E-state index contributed by atoms with van der Waals surface area (Å²) in [6, 6.07) is 7.50. The maximum atomic E-state index is 11.1. The van der Waals surface area contributed by atoms with E-state index in [-0.39, 0.29) is 10.6 Å². The zero-order valence-corrected chi connectivity index (χ0v) is 12.1. The van der Waals surface area contributed by atoms with Gasteiger partial charge < -0.3 is 10.8 Å². The number of hydrogen-bond acceptors (Lipinski definition) is 3. The minimum absolute atomic E-state index is 0.0424. The first-order chi connectivity index (χ1) is 9.95. The molecule has 1 heterocycles. The number of carboxylic acids is 1. The van der Waals surface area contributed by atoms with Crippen molar-refractivity contribution in [2.75, 3.05) is 5.32 Å². The van der Waals surface area contributed by atoms with Crippen molar-refractivity contribution in [1.82, 2.24) is 0 Å². The lowest BCUT2D eigenvalue weighted by Gasteiger charge is -1.97. The van der Waals surface area contributed by atoms with Crippen molar-refractivity contribution in [3.05, 3.63) is 51.4 Å². The lowest BCUT2D eigenvalue weighted by Crippen LogP contribution is -2.19. The van der Waals surface area contributed by atoms with E-state index in [1.807, 2.05) is 0 Å². The number of hydrogen-bond donors (Lipinski definition) is 3. The number of nitrogens with one attached hydrogen (secondary N) is 1. The Kier molecular flexibility index (Phi) is 4.48.